The minimum atomic E-state index is -4.65. The predicted octanol–water partition coefficient (Wildman–Crippen LogP) is 4.49. The first-order chi connectivity index (χ1) is 16.2. The number of rotatable bonds is 5. The van der Waals surface area contributed by atoms with Gasteiger partial charge in [0.1, 0.15) is 6.04 Å². The number of alkyl halides is 3. The van der Waals surface area contributed by atoms with Crippen LogP contribution < -0.4 is 5.32 Å². The fourth-order valence-corrected chi connectivity index (χ4v) is 4.70. The highest BCUT2D eigenvalue weighted by Crippen LogP contribution is 2.42. The first kappa shape index (κ1) is 23.0. The lowest BCUT2D eigenvalue weighted by atomic mass is 9.82. The van der Waals surface area contributed by atoms with Gasteiger partial charge in [0.15, 0.2) is 0 Å². The standard InChI is InChI=1S/C22H21ClF3N5O3/c23-31-11-15(28-19(32)14-7-12-3-1-2-4-17(12)27-10-14)5-6-18(31)21-30-29-20(33-21)13-8-16(9-13)34-22(24,25)26/h1-4,7,10,13,15-16,18H,5-6,8-9,11H2,(H,28,32)/t13?,15-,16?,18+/m1/s1. The molecule has 1 aliphatic carbocycles. The number of nitrogens with zero attached hydrogens (tertiary/aromatic N) is 4. The molecule has 3 aromatic rings. The summed E-state index contributed by atoms with van der Waals surface area (Å²) in [7, 11) is 0. The van der Waals surface area contributed by atoms with Crippen LogP contribution in [0.25, 0.3) is 10.9 Å². The molecule has 2 atom stereocenters. The number of halogens is 4. The molecule has 2 aliphatic rings. The summed E-state index contributed by atoms with van der Waals surface area (Å²) in [5, 5.41) is 11.9. The van der Waals surface area contributed by atoms with E-state index in [2.05, 4.69) is 25.2 Å². The summed E-state index contributed by atoms with van der Waals surface area (Å²) >= 11 is 6.45. The Morgan fingerprint density at radius 3 is 2.71 bits per heavy atom. The van der Waals surface area contributed by atoms with E-state index >= 15 is 0 Å². The Morgan fingerprint density at radius 1 is 1.18 bits per heavy atom. The van der Waals surface area contributed by atoms with Crippen LogP contribution in [0.1, 0.15) is 59.8 Å². The molecule has 0 radical (unpaired) electrons. The summed E-state index contributed by atoms with van der Waals surface area (Å²) in [6.07, 6.45) is -2.43. The molecule has 5 rings (SSSR count). The molecule has 1 aromatic carbocycles. The Labute approximate surface area is 197 Å². The van der Waals surface area contributed by atoms with Crippen molar-refractivity contribution in [3.63, 3.8) is 0 Å². The average molecular weight is 496 g/mol. The van der Waals surface area contributed by atoms with Gasteiger partial charge in [-0.3, -0.25) is 14.5 Å². The maximum absolute atomic E-state index is 12.7. The van der Waals surface area contributed by atoms with Gasteiger partial charge in [-0.2, -0.15) is 0 Å². The molecule has 34 heavy (non-hydrogen) atoms. The Hall–Kier alpha value is -2.76. The Balaban J connectivity index is 1.15. The van der Waals surface area contributed by atoms with Crippen molar-refractivity contribution < 1.29 is 27.1 Å². The fourth-order valence-electron chi connectivity index (χ4n) is 4.35. The number of amides is 1. The number of pyridine rings is 1. The van der Waals surface area contributed by atoms with E-state index in [-0.39, 0.29) is 36.8 Å². The summed E-state index contributed by atoms with van der Waals surface area (Å²) in [6.45, 7) is 0.363. The predicted molar refractivity (Wildman–Crippen MR) is 115 cm³/mol. The van der Waals surface area contributed by atoms with E-state index in [0.717, 1.165) is 10.9 Å². The second kappa shape index (κ2) is 9.12. The monoisotopic (exact) mass is 495 g/mol. The molecule has 180 valence electrons. The van der Waals surface area contributed by atoms with E-state index in [1.54, 1.807) is 12.3 Å². The first-order valence-corrected chi connectivity index (χ1v) is 11.2. The molecule has 8 nitrogen and oxygen atoms in total. The normalized spacial score (nSPS) is 25.8. The number of fused-ring (bicyclic) bond motifs is 1. The SMILES string of the molecule is O=C(N[C@@H]1CC[C@@H](c2nnc(C3CC(OC(F)(F)F)C3)o2)N(Cl)C1)c1cnc2ccccc2c1. The number of hydrogen-bond acceptors (Lipinski definition) is 7. The summed E-state index contributed by atoms with van der Waals surface area (Å²) < 4.78 is 48.1. The molecule has 2 aromatic heterocycles. The third kappa shape index (κ3) is 5.01. The van der Waals surface area contributed by atoms with Crippen LogP contribution in [0, 0.1) is 0 Å². The maximum atomic E-state index is 12.7. The maximum Gasteiger partial charge on any atom is 0.522 e. The topological polar surface area (TPSA) is 93.4 Å². The highest BCUT2D eigenvalue weighted by atomic mass is 35.5. The smallest absolute Gasteiger partial charge is 0.423 e. The number of nitrogens with one attached hydrogen (secondary N) is 1. The Kier molecular flexibility index (Phi) is 6.17. The second-order valence-electron chi connectivity index (χ2n) is 8.59. The molecule has 0 bridgehead atoms. The van der Waals surface area contributed by atoms with Crippen LogP contribution in [-0.4, -0.2) is 50.6 Å². The molecule has 0 unspecified atom stereocenters. The van der Waals surface area contributed by atoms with Gasteiger partial charge in [-0.1, -0.05) is 18.2 Å². The van der Waals surface area contributed by atoms with E-state index in [4.69, 9.17) is 16.2 Å². The van der Waals surface area contributed by atoms with Crippen LogP contribution in [0.5, 0.6) is 0 Å². The van der Waals surface area contributed by atoms with Gasteiger partial charge in [0.2, 0.25) is 11.8 Å². The van der Waals surface area contributed by atoms with Gasteiger partial charge in [-0.15, -0.1) is 23.4 Å². The van der Waals surface area contributed by atoms with Gasteiger partial charge in [0.25, 0.3) is 5.91 Å². The molecule has 1 N–H and O–H groups in total. The molecule has 2 fully saturated rings. The third-order valence-corrected chi connectivity index (χ3v) is 6.57. The minimum Gasteiger partial charge on any atom is -0.423 e. The zero-order valence-electron chi connectivity index (χ0n) is 17.8. The van der Waals surface area contributed by atoms with Crippen molar-refractivity contribution in [2.75, 3.05) is 6.54 Å². The number of benzene rings is 1. The van der Waals surface area contributed by atoms with Crippen molar-refractivity contribution in [2.45, 2.75) is 56.2 Å². The summed E-state index contributed by atoms with van der Waals surface area (Å²) in [5.41, 5.74) is 1.28. The molecule has 1 saturated carbocycles. The van der Waals surface area contributed by atoms with Gasteiger partial charge in [0, 0.05) is 30.1 Å². The van der Waals surface area contributed by atoms with Crippen LogP contribution in [0.2, 0.25) is 0 Å². The lowest BCUT2D eigenvalue weighted by Crippen LogP contribution is -2.45. The number of piperidine rings is 1. The third-order valence-electron chi connectivity index (χ3n) is 6.20. The lowest BCUT2D eigenvalue weighted by molar-refractivity contribution is -0.352. The van der Waals surface area contributed by atoms with Crippen LogP contribution in [0.3, 0.4) is 0 Å². The van der Waals surface area contributed by atoms with E-state index in [1.807, 2.05) is 24.3 Å². The van der Waals surface area contributed by atoms with E-state index in [0.29, 0.717) is 36.7 Å². The van der Waals surface area contributed by atoms with Crippen molar-refractivity contribution in [3.8, 4) is 0 Å². The molecular formula is C22H21ClF3N5O3. The number of hydrogen-bond donors (Lipinski definition) is 1. The van der Waals surface area contributed by atoms with Crippen molar-refractivity contribution in [3.05, 3.63) is 53.9 Å². The molecular weight excluding hydrogens is 475 g/mol. The quantitative estimate of drug-likeness (QED) is 0.521. The van der Waals surface area contributed by atoms with Crippen LogP contribution >= 0.6 is 11.8 Å². The highest BCUT2D eigenvalue weighted by molar-refractivity contribution is 6.13. The Morgan fingerprint density at radius 2 is 1.94 bits per heavy atom. The summed E-state index contributed by atoms with van der Waals surface area (Å²) in [4.78, 5) is 17.0. The van der Waals surface area contributed by atoms with Crippen molar-refractivity contribution in [1.29, 1.82) is 0 Å². The molecule has 1 saturated heterocycles. The van der Waals surface area contributed by atoms with Crippen molar-refractivity contribution in [2.24, 2.45) is 0 Å². The van der Waals surface area contributed by atoms with Crippen LogP contribution in [0.4, 0.5) is 13.2 Å². The van der Waals surface area contributed by atoms with Gasteiger partial charge in [0.05, 0.1) is 17.2 Å². The molecule has 3 heterocycles. The first-order valence-electron chi connectivity index (χ1n) is 10.9. The van der Waals surface area contributed by atoms with Gasteiger partial charge in [-0.05, 0) is 49.6 Å². The fraction of sp³-hybridized carbons (Fsp3) is 0.455. The number of carbonyl (C=O) groups is 1. The van der Waals surface area contributed by atoms with E-state index in [9.17, 15) is 18.0 Å². The highest BCUT2D eigenvalue weighted by Gasteiger charge is 2.43. The average Bonchev–Trinajstić information content (AvgIpc) is 3.24. The largest absolute Gasteiger partial charge is 0.522 e. The van der Waals surface area contributed by atoms with Crippen LogP contribution in [-0.2, 0) is 4.74 Å². The molecule has 1 aliphatic heterocycles. The molecule has 1 amide bonds. The van der Waals surface area contributed by atoms with Gasteiger partial charge >= 0.3 is 6.36 Å². The molecule has 0 spiro atoms. The Bertz CT molecular complexity index is 1180. The second-order valence-corrected chi connectivity index (χ2v) is 9.03. The lowest BCUT2D eigenvalue weighted by Gasteiger charge is -2.34. The summed E-state index contributed by atoms with van der Waals surface area (Å²) in [5.74, 6) is 0.117. The zero-order chi connectivity index (χ0) is 23.9. The minimum absolute atomic E-state index is 0.175. The van der Waals surface area contributed by atoms with Crippen molar-refractivity contribution in [1.82, 2.24) is 24.9 Å². The number of carbonyl (C=O) groups excluding carboxylic acids is 1. The summed E-state index contributed by atoms with van der Waals surface area (Å²) in [6, 6.07) is 8.83. The number of aromatic nitrogens is 3. The van der Waals surface area contributed by atoms with E-state index < -0.39 is 12.5 Å². The number of ether oxygens (including phenoxy) is 1. The van der Waals surface area contributed by atoms with Gasteiger partial charge in [-0.25, -0.2) is 4.42 Å². The van der Waals surface area contributed by atoms with Crippen LogP contribution in [0.15, 0.2) is 40.9 Å². The van der Waals surface area contributed by atoms with E-state index in [1.165, 1.54) is 4.42 Å². The van der Waals surface area contributed by atoms with Crippen molar-refractivity contribution >= 4 is 28.6 Å². The zero-order valence-corrected chi connectivity index (χ0v) is 18.6. The number of para-hydroxylation sites is 1. The molecule has 12 heteroatoms. The van der Waals surface area contributed by atoms with Gasteiger partial charge < -0.3 is 9.73 Å².